The second-order valence-electron chi connectivity index (χ2n) is 14.0. The number of piperidine rings is 1. The number of nitrogens with zero attached hydrogens (tertiary/aromatic N) is 3. The Morgan fingerprint density at radius 1 is 0.931 bits per heavy atom. The third-order valence-electron chi connectivity index (χ3n) is 9.97. The van der Waals surface area contributed by atoms with E-state index in [1.807, 2.05) is 6.07 Å². The molecule has 18 nitrogen and oxygen atoms in total. The number of hydrogen-bond donors (Lipinski definition) is 5. The third kappa shape index (κ3) is 7.71. The minimum absolute atomic E-state index is 0.00206. The molecule has 1 saturated heterocycles. The van der Waals surface area contributed by atoms with Gasteiger partial charge in [0.2, 0.25) is 11.8 Å². The summed E-state index contributed by atoms with van der Waals surface area (Å²) in [5.41, 5.74) is 2.56. The van der Waals surface area contributed by atoms with E-state index in [-0.39, 0.29) is 71.5 Å². The Balaban J connectivity index is 0.887. The van der Waals surface area contributed by atoms with Gasteiger partial charge in [-0.2, -0.15) is 0 Å². The van der Waals surface area contributed by atoms with E-state index in [1.165, 1.54) is 41.3 Å². The van der Waals surface area contributed by atoms with E-state index in [2.05, 4.69) is 26.4 Å². The fourth-order valence-corrected chi connectivity index (χ4v) is 7.03. The normalized spacial score (nSPS) is 17.0. The van der Waals surface area contributed by atoms with Crippen molar-refractivity contribution in [1.29, 1.82) is 0 Å². The van der Waals surface area contributed by atoms with Crippen molar-refractivity contribution in [3.8, 4) is 22.8 Å². The number of carbonyl (C=O) groups excluding carboxylic acids is 8. The van der Waals surface area contributed by atoms with Gasteiger partial charge >= 0.3 is 0 Å². The maximum Gasteiger partial charge on any atom is 0.273 e. The van der Waals surface area contributed by atoms with Crippen LogP contribution in [-0.2, 0) is 20.8 Å². The number of amides is 8. The van der Waals surface area contributed by atoms with Crippen LogP contribution < -0.4 is 26.0 Å². The van der Waals surface area contributed by atoms with Crippen molar-refractivity contribution in [3.63, 3.8) is 0 Å². The van der Waals surface area contributed by atoms with Crippen LogP contribution in [0.5, 0.6) is 11.5 Å². The fraction of sp³-hybridized carbons (Fsp3) is 0.275. The second-order valence-corrected chi connectivity index (χ2v) is 14.0. The van der Waals surface area contributed by atoms with Crippen LogP contribution in [0.15, 0.2) is 65.2 Å². The van der Waals surface area contributed by atoms with Gasteiger partial charge in [0.25, 0.3) is 35.4 Å². The Labute approximate surface area is 329 Å². The van der Waals surface area contributed by atoms with E-state index < -0.39 is 60.0 Å². The summed E-state index contributed by atoms with van der Waals surface area (Å²) in [7, 11) is 3.14. The van der Waals surface area contributed by atoms with Gasteiger partial charge in [-0.25, -0.2) is 0 Å². The van der Waals surface area contributed by atoms with Gasteiger partial charge in [-0.05, 0) is 66.8 Å². The van der Waals surface area contributed by atoms with E-state index in [0.29, 0.717) is 24.0 Å². The molecule has 3 aliphatic rings. The molecule has 2 aliphatic heterocycles. The largest absolute Gasteiger partial charge is 0.507 e. The lowest BCUT2D eigenvalue weighted by molar-refractivity contribution is -0.136. The van der Waals surface area contributed by atoms with Gasteiger partial charge in [-0.3, -0.25) is 48.6 Å². The predicted molar refractivity (Wildman–Crippen MR) is 201 cm³/mol. The van der Waals surface area contributed by atoms with Crippen LogP contribution in [0.2, 0.25) is 0 Å². The van der Waals surface area contributed by atoms with Gasteiger partial charge in [0.15, 0.2) is 18.1 Å². The van der Waals surface area contributed by atoms with Crippen LogP contribution in [0.3, 0.4) is 0 Å². The third-order valence-corrected chi connectivity index (χ3v) is 9.97. The number of phenolic OH excluding ortho intramolecular Hbond substituents is 1. The zero-order chi connectivity index (χ0) is 41.2. The summed E-state index contributed by atoms with van der Waals surface area (Å²) >= 11 is 0. The van der Waals surface area contributed by atoms with Crippen LogP contribution in [0.4, 0.5) is 0 Å². The Bertz CT molecular complexity index is 2410. The standard InChI is InChI=1S/C40H37N7O11/c1-46(2)38(54)23-10-8-21(17-29(23)48)31-18-27(45-58-31)36(52)43-26-11-9-20-6-7-22(16-25(20)26)35(51)42-15-14-41-33(50)19-57-30-5-3-4-24-34(30)40(56)47(39(24)55)28-12-13-32(49)44-37(28)53/h3-8,10,16-18,26,28,48H,9,11-15,19H2,1-2H3,(H,41,50)(H,42,51)(H,43,52)(H,44,49,53)/t26-,28?/m1/s1. The number of ether oxygens (including phenoxy) is 1. The highest BCUT2D eigenvalue weighted by Crippen LogP contribution is 2.35. The monoisotopic (exact) mass is 791 g/mol. The first-order valence-electron chi connectivity index (χ1n) is 18.3. The van der Waals surface area contributed by atoms with Crippen molar-refractivity contribution >= 4 is 47.3 Å². The molecule has 7 rings (SSSR count). The molecule has 0 bridgehead atoms. The highest BCUT2D eigenvalue weighted by atomic mass is 16.5. The molecule has 2 atom stereocenters. The average molecular weight is 792 g/mol. The predicted octanol–water partition coefficient (Wildman–Crippen LogP) is 1.49. The number of aromatic hydroxyl groups is 1. The Morgan fingerprint density at radius 2 is 1.72 bits per heavy atom. The molecular weight excluding hydrogens is 754 g/mol. The zero-order valence-electron chi connectivity index (χ0n) is 31.2. The molecule has 5 N–H and O–H groups in total. The molecule has 18 heteroatoms. The van der Waals surface area contributed by atoms with Crippen LogP contribution in [0.1, 0.15) is 88.4 Å². The van der Waals surface area contributed by atoms with Gasteiger partial charge in [0, 0.05) is 50.8 Å². The van der Waals surface area contributed by atoms with E-state index >= 15 is 0 Å². The van der Waals surface area contributed by atoms with Crippen molar-refractivity contribution in [2.45, 2.75) is 37.8 Å². The Kier molecular flexibility index (Phi) is 10.7. The van der Waals surface area contributed by atoms with E-state index in [9.17, 15) is 43.5 Å². The number of rotatable bonds is 12. The van der Waals surface area contributed by atoms with Gasteiger partial charge in [-0.15, -0.1) is 0 Å². The number of fused-ring (bicyclic) bond motifs is 2. The van der Waals surface area contributed by atoms with E-state index in [0.717, 1.165) is 16.0 Å². The van der Waals surface area contributed by atoms with Crippen molar-refractivity contribution in [2.75, 3.05) is 33.8 Å². The lowest BCUT2D eigenvalue weighted by Gasteiger charge is -2.27. The van der Waals surface area contributed by atoms with Crippen LogP contribution in [0.25, 0.3) is 11.3 Å². The maximum atomic E-state index is 13.2. The summed E-state index contributed by atoms with van der Waals surface area (Å²) in [6, 6.07) is 13.8. The summed E-state index contributed by atoms with van der Waals surface area (Å²) in [6.45, 7) is -0.395. The number of nitrogens with one attached hydrogen (secondary N) is 4. The summed E-state index contributed by atoms with van der Waals surface area (Å²) in [4.78, 5) is 103. The summed E-state index contributed by atoms with van der Waals surface area (Å²) in [5, 5.41) is 24.7. The van der Waals surface area contributed by atoms with Gasteiger partial charge < -0.3 is 35.2 Å². The number of benzene rings is 3. The van der Waals surface area contributed by atoms with E-state index in [1.54, 1.807) is 32.3 Å². The summed E-state index contributed by atoms with van der Waals surface area (Å²) in [5.74, 6) is -4.59. The van der Waals surface area contributed by atoms with Gasteiger partial charge in [0.1, 0.15) is 17.5 Å². The quantitative estimate of drug-likeness (QED) is 0.101. The minimum atomic E-state index is -1.15. The molecule has 1 aliphatic carbocycles. The molecule has 0 saturated carbocycles. The summed E-state index contributed by atoms with van der Waals surface area (Å²) in [6.07, 6.45) is 1.24. The minimum Gasteiger partial charge on any atom is -0.507 e. The molecule has 1 aromatic heterocycles. The molecule has 1 fully saturated rings. The smallest absolute Gasteiger partial charge is 0.273 e. The highest BCUT2D eigenvalue weighted by Gasteiger charge is 2.46. The molecule has 0 radical (unpaired) electrons. The first-order valence-corrected chi connectivity index (χ1v) is 18.3. The highest BCUT2D eigenvalue weighted by molar-refractivity contribution is 6.24. The molecule has 0 spiro atoms. The Morgan fingerprint density at radius 3 is 2.48 bits per heavy atom. The van der Waals surface area contributed by atoms with Crippen LogP contribution in [-0.4, -0.2) is 107 Å². The lowest BCUT2D eigenvalue weighted by atomic mass is 10.0. The Hall–Kier alpha value is -7.37. The van der Waals surface area contributed by atoms with Crippen molar-refractivity contribution < 1.29 is 52.7 Å². The van der Waals surface area contributed by atoms with Crippen LogP contribution in [0, 0.1) is 0 Å². The molecule has 1 unspecified atom stereocenters. The number of aryl methyl sites for hydroxylation is 1. The number of hydrogen-bond acceptors (Lipinski definition) is 12. The van der Waals surface area contributed by atoms with Crippen molar-refractivity contribution in [1.82, 2.24) is 36.2 Å². The molecule has 3 heterocycles. The van der Waals surface area contributed by atoms with Gasteiger partial charge in [-0.1, -0.05) is 23.4 Å². The molecule has 8 amide bonds. The molecule has 58 heavy (non-hydrogen) atoms. The van der Waals surface area contributed by atoms with Crippen LogP contribution >= 0.6 is 0 Å². The maximum absolute atomic E-state index is 13.2. The number of phenols is 1. The molecular formula is C40H37N7O11. The average Bonchev–Trinajstić information content (AvgIpc) is 3.92. The van der Waals surface area contributed by atoms with Crippen molar-refractivity contribution in [2.24, 2.45) is 0 Å². The van der Waals surface area contributed by atoms with Crippen molar-refractivity contribution in [3.05, 3.63) is 99.7 Å². The fourth-order valence-electron chi connectivity index (χ4n) is 7.03. The topological polar surface area (TPSA) is 247 Å². The second kappa shape index (κ2) is 16.0. The number of carbonyl (C=O) groups is 8. The summed E-state index contributed by atoms with van der Waals surface area (Å²) < 4.78 is 11.0. The first-order chi connectivity index (χ1) is 27.8. The molecule has 298 valence electrons. The van der Waals surface area contributed by atoms with E-state index in [4.69, 9.17) is 9.26 Å². The zero-order valence-corrected chi connectivity index (χ0v) is 31.2. The number of aromatic nitrogens is 1. The molecule has 4 aromatic rings. The number of imide groups is 2. The SMILES string of the molecule is CN(C)C(=O)c1ccc(-c2cc(C(=O)N[C@@H]3CCc4ccc(C(=O)NCCNC(=O)COc5cccc6c5C(=O)N(C5CCC(=O)NC5=O)C6=O)cc43)no2)cc1O. The first kappa shape index (κ1) is 38.9. The molecule has 3 aromatic carbocycles. The lowest BCUT2D eigenvalue weighted by Crippen LogP contribution is -2.54. The van der Waals surface area contributed by atoms with Gasteiger partial charge in [0.05, 0.1) is 22.7 Å².